The predicted octanol–water partition coefficient (Wildman–Crippen LogP) is 3.40. The van der Waals surface area contributed by atoms with Gasteiger partial charge >= 0.3 is 0 Å². The second-order valence-corrected chi connectivity index (χ2v) is 8.46. The molecule has 1 aromatic heterocycles. The molecule has 1 aliphatic heterocycles. The van der Waals surface area contributed by atoms with Crippen LogP contribution in [-0.2, 0) is 11.3 Å². The number of piperazine rings is 1. The molecule has 0 radical (unpaired) electrons. The zero-order valence-corrected chi connectivity index (χ0v) is 19.6. The van der Waals surface area contributed by atoms with Crippen LogP contribution in [0.2, 0.25) is 5.02 Å². The van der Waals surface area contributed by atoms with Crippen molar-refractivity contribution in [3.05, 3.63) is 88.6 Å². The number of hydrogen-bond donors (Lipinski definition) is 2. The number of benzene rings is 2. The lowest BCUT2D eigenvalue weighted by molar-refractivity contribution is -0.117. The van der Waals surface area contributed by atoms with Crippen molar-refractivity contribution < 1.29 is 23.2 Å². The first-order valence-corrected chi connectivity index (χ1v) is 11.4. The zero-order valence-electron chi connectivity index (χ0n) is 18.8. The number of anilines is 1. The molecule has 35 heavy (non-hydrogen) atoms. The summed E-state index contributed by atoms with van der Waals surface area (Å²) in [6, 6.07) is 14.0. The summed E-state index contributed by atoms with van der Waals surface area (Å²) in [7, 11) is 0. The van der Waals surface area contributed by atoms with Gasteiger partial charge in [-0.1, -0.05) is 23.7 Å². The predicted molar refractivity (Wildman–Crippen MR) is 129 cm³/mol. The van der Waals surface area contributed by atoms with Gasteiger partial charge in [-0.2, -0.15) is 0 Å². The third-order valence-electron chi connectivity index (χ3n) is 5.64. The van der Waals surface area contributed by atoms with Gasteiger partial charge in [-0.05, 0) is 42.5 Å². The SMILES string of the molecule is O=C(CN1CCN(C(=O)c2ccc(F)cc2Cl)CC1)Nc1ccccc1C(=O)NCc1ccco1. The van der Waals surface area contributed by atoms with Crippen LogP contribution in [0.25, 0.3) is 0 Å². The molecule has 0 bridgehead atoms. The van der Waals surface area contributed by atoms with E-state index in [1.165, 1.54) is 18.4 Å². The van der Waals surface area contributed by atoms with Gasteiger partial charge in [0, 0.05) is 26.2 Å². The van der Waals surface area contributed by atoms with Crippen LogP contribution in [0.1, 0.15) is 26.5 Å². The summed E-state index contributed by atoms with van der Waals surface area (Å²) in [4.78, 5) is 41.6. The first-order chi connectivity index (χ1) is 16.9. The number of amides is 3. The molecule has 1 saturated heterocycles. The van der Waals surface area contributed by atoms with Gasteiger partial charge in [0.1, 0.15) is 11.6 Å². The van der Waals surface area contributed by atoms with E-state index in [-0.39, 0.29) is 41.4 Å². The Labute approximate surface area is 206 Å². The molecule has 3 aromatic rings. The van der Waals surface area contributed by atoms with Crippen molar-refractivity contribution in [2.75, 3.05) is 38.0 Å². The third kappa shape index (κ3) is 6.26. The minimum atomic E-state index is -0.501. The molecule has 0 spiro atoms. The molecule has 4 rings (SSSR count). The second kappa shape index (κ2) is 11.2. The zero-order chi connectivity index (χ0) is 24.8. The normalized spacial score (nSPS) is 13.9. The third-order valence-corrected chi connectivity index (χ3v) is 5.95. The number of nitrogens with one attached hydrogen (secondary N) is 2. The minimum Gasteiger partial charge on any atom is -0.467 e. The summed E-state index contributed by atoms with van der Waals surface area (Å²) in [6.07, 6.45) is 1.53. The van der Waals surface area contributed by atoms with E-state index in [9.17, 15) is 18.8 Å². The first-order valence-electron chi connectivity index (χ1n) is 11.1. The molecular weight excluding hydrogens is 475 g/mol. The fourth-order valence-electron chi connectivity index (χ4n) is 3.80. The maximum Gasteiger partial charge on any atom is 0.255 e. The molecule has 0 unspecified atom stereocenters. The Morgan fingerprint density at radius 3 is 2.46 bits per heavy atom. The highest BCUT2D eigenvalue weighted by molar-refractivity contribution is 6.33. The summed E-state index contributed by atoms with van der Waals surface area (Å²) in [5.74, 6) is -0.742. The molecule has 10 heteroatoms. The summed E-state index contributed by atoms with van der Waals surface area (Å²) >= 11 is 6.01. The minimum absolute atomic E-state index is 0.0728. The van der Waals surface area contributed by atoms with Gasteiger partial charge in [-0.15, -0.1) is 0 Å². The van der Waals surface area contributed by atoms with Crippen LogP contribution in [-0.4, -0.2) is 60.2 Å². The number of rotatable bonds is 7. The smallest absolute Gasteiger partial charge is 0.255 e. The quantitative estimate of drug-likeness (QED) is 0.520. The molecular formula is C25H24ClFN4O4. The number of nitrogens with zero attached hydrogens (tertiary/aromatic N) is 2. The molecule has 2 N–H and O–H groups in total. The van der Waals surface area contributed by atoms with Crippen LogP contribution in [0.5, 0.6) is 0 Å². The average Bonchev–Trinajstić information content (AvgIpc) is 3.37. The molecule has 2 aromatic carbocycles. The number of furan rings is 1. The van der Waals surface area contributed by atoms with E-state index in [4.69, 9.17) is 16.0 Å². The molecule has 2 heterocycles. The molecule has 0 saturated carbocycles. The van der Waals surface area contributed by atoms with Gasteiger partial charge in [-0.3, -0.25) is 19.3 Å². The molecule has 182 valence electrons. The van der Waals surface area contributed by atoms with Crippen LogP contribution < -0.4 is 10.6 Å². The second-order valence-electron chi connectivity index (χ2n) is 8.05. The first kappa shape index (κ1) is 24.4. The van der Waals surface area contributed by atoms with E-state index in [0.717, 1.165) is 6.07 Å². The van der Waals surface area contributed by atoms with Gasteiger partial charge in [0.25, 0.3) is 11.8 Å². The largest absolute Gasteiger partial charge is 0.467 e. The lowest BCUT2D eigenvalue weighted by atomic mass is 10.1. The topological polar surface area (TPSA) is 94.9 Å². The number of carbonyl (C=O) groups excluding carboxylic acids is 3. The monoisotopic (exact) mass is 498 g/mol. The van der Waals surface area contributed by atoms with E-state index in [1.807, 2.05) is 4.90 Å². The van der Waals surface area contributed by atoms with Gasteiger partial charge in [0.2, 0.25) is 5.91 Å². The number of halogens is 2. The number of hydrogen-bond acceptors (Lipinski definition) is 5. The summed E-state index contributed by atoms with van der Waals surface area (Å²) in [6.45, 7) is 2.14. The summed E-state index contributed by atoms with van der Waals surface area (Å²) < 4.78 is 18.5. The maximum atomic E-state index is 13.3. The van der Waals surface area contributed by atoms with Crippen molar-refractivity contribution in [3.63, 3.8) is 0 Å². The Bertz CT molecular complexity index is 1210. The van der Waals surface area contributed by atoms with Crippen molar-refractivity contribution in [2.24, 2.45) is 0 Å². The van der Waals surface area contributed by atoms with Crippen LogP contribution in [0.15, 0.2) is 65.3 Å². The van der Waals surface area contributed by atoms with Crippen molar-refractivity contribution in [3.8, 4) is 0 Å². The van der Waals surface area contributed by atoms with E-state index in [0.29, 0.717) is 43.2 Å². The molecule has 3 amide bonds. The van der Waals surface area contributed by atoms with Crippen molar-refractivity contribution in [1.82, 2.24) is 15.1 Å². The standard InChI is InChI=1S/C25H24ClFN4O4/c26-21-14-17(27)7-8-19(21)25(34)31-11-9-30(10-12-31)16-23(32)29-22-6-2-1-5-20(22)24(33)28-15-18-4-3-13-35-18/h1-8,13-14H,9-12,15-16H2,(H,28,33)(H,29,32). The molecule has 1 fully saturated rings. The van der Waals surface area contributed by atoms with Crippen LogP contribution in [0, 0.1) is 5.82 Å². The Morgan fingerprint density at radius 1 is 0.971 bits per heavy atom. The number of para-hydroxylation sites is 1. The van der Waals surface area contributed by atoms with Crippen molar-refractivity contribution in [1.29, 1.82) is 0 Å². The van der Waals surface area contributed by atoms with E-state index < -0.39 is 5.82 Å². The number of carbonyl (C=O) groups is 3. The molecule has 0 atom stereocenters. The van der Waals surface area contributed by atoms with Crippen molar-refractivity contribution >= 4 is 35.0 Å². The highest BCUT2D eigenvalue weighted by Crippen LogP contribution is 2.20. The molecule has 1 aliphatic rings. The lowest BCUT2D eigenvalue weighted by Gasteiger charge is -2.34. The maximum absolute atomic E-state index is 13.3. The Hall–Kier alpha value is -3.69. The summed E-state index contributed by atoms with van der Waals surface area (Å²) in [5.41, 5.74) is 1.01. The highest BCUT2D eigenvalue weighted by Gasteiger charge is 2.25. The Balaban J connectivity index is 1.29. The van der Waals surface area contributed by atoms with E-state index in [2.05, 4.69) is 10.6 Å². The van der Waals surface area contributed by atoms with Gasteiger partial charge in [0.05, 0.1) is 41.2 Å². The average molecular weight is 499 g/mol. The lowest BCUT2D eigenvalue weighted by Crippen LogP contribution is -2.50. The van der Waals surface area contributed by atoms with E-state index in [1.54, 1.807) is 41.3 Å². The van der Waals surface area contributed by atoms with Crippen LogP contribution in [0.4, 0.5) is 10.1 Å². The molecule has 8 nitrogen and oxygen atoms in total. The fraction of sp³-hybridized carbons (Fsp3) is 0.240. The van der Waals surface area contributed by atoms with Gasteiger partial charge < -0.3 is 20.0 Å². The van der Waals surface area contributed by atoms with Crippen LogP contribution in [0.3, 0.4) is 0 Å². The van der Waals surface area contributed by atoms with Gasteiger partial charge in [-0.25, -0.2) is 4.39 Å². The van der Waals surface area contributed by atoms with Crippen LogP contribution >= 0.6 is 11.6 Å². The Kier molecular flexibility index (Phi) is 7.79. The highest BCUT2D eigenvalue weighted by atomic mass is 35.5. The summed E-state index contributed by atoms with van der Waals surface area (Å²) in [5, 5.41) is 5.65. The van der Waals surface area contributed by atoms with Gasteiger partial charge in [0.15, 0.2) is 0 Å². The Morgan fingerprint density at radius 2 is 1.74 bits per heavy atom. The van der Waals surface area contributed by atoms with Crippen molar-refractivity contribution in [2.45, 2.75) is 6.54 Å². The fourth-order valence-corrected chi connectivity index (χ4v) is 4.05. The molecule has 0 aliphatic carbocycles. The van der Waals surface area contributed by atoms with E-state index >= 15 is 0 Å².